The number of halogens is 2. The van der Waals surface area contributed by atoms with E-state index >= 15 is 0 Å². The summed E-state index contributed by atoms with van der Waals surface area (Å²) in [5.74, 6) is 0. The van der Waals surface area contributed by atoms with Crippen LogP contribution in [-0.4, -0.2) is 13.1 Å². The van der Waals surface area contributed by atoms with Crippen LogP contribution < -0.4 is 9.80 Å². The molecule has 0 atom stereocenters. The maximum absolute atomic E-state index is 2.44. The van der Waals surface area contributed by atoms with E-state index in [1.807, 2.05) is 0 Å². The predicted octanol–water partition coefficient (Wildman–Crippen LogP) is 9.85. The van der Waals surface area contributed by atoms with Gasteiger partial charge in [-0.15, -0.1) is 24.8 Å². The molecule has 0 unspecified atom stereocenters. The number of rotatable bonds is 13. The van der Waals surface area contributed by atoms with Gasteiger partial charge in [0.2, 0.25) is 0 Å². The van der Waals surface area contributed by atoms with E-state index in [9.17, 15) is 0 Å². The molecular formula is C32H38Cl2N2. The molecule has 2 nitrogen and oxygen atoms in total. The number of benzene rings is 4. The van der Waals surface area contributed by atoms with Crippen LogP contribution in [0.15, 0.2) is 121 Å². The first kappa shape index (κ1) is 29.3. The summed E-state index contributed by atoms with van der Waals surface area (Å²) < 4.78 is 0. The Morgan fingerprint density at radius 2 is 0.528 bits per heavy atom. The van der Waals surface area contributed by atoms with Crippen LogP contribution >= 0.6 is 24.8 Å². The molecule has 0 aromatic heterocycles. The van der Waals surface area contributed by atoms with Crippen molar-refractivity contribution < 1.29 is 0 Å². The second kappa shape index (κ2) is 16.7. The van der Waals surface area contributed by atoms with Crippen molar-refractivity contribution in [2.45, 2.75) is 38.5 Å². The van der Waals surface area contributed by atoms with Crippen LogP contribution in [0.25, 0.3) is 0 Å². The van der Waals surface area contributed by atoms with Crippen molar-refractivity contribution >= 4 is 47.6 Å². The van der Waals surface area contributed by atoms with Crippen molar-refractivity contribution in [2.75, 3.05) is 22.9 Å². The van der Waals surface area contributed by atoms with E-state index in [0.717, 1.165) is 13.1 Å². The fraction of sp³-hybridized carbons (Fsp3) is 0.250. The highest BCUT2D eigenvalue weighted by molar-refractivity contribution is 5.85. The first-order valence-electron chi connectivity index (χ1n) is 12.7. The van der Waals surface area contributed by atoms with Crippen LogP contribution in [0.1, 0.15) is 38.5 Å². The molecule has 0 aliphatic carbocycles. The number of hydrogen-bond acceptors (Lipinski definition) is 2. The van der Waals surface area contributed by atoms with E-state index in [2.05, 4.69) is 131 Å². The molecule has 0 saturated heterocycles. The zero-order chi connectivity index (χ0) is 23.3. The molecule has 0 spiro atoms. The molecule has 190 valence electrons. The van der Waals surface area contributed by atoms with Crippen LogP contribution in [0.3, 0.4) is 0 Å². The molecule has 0 bridgehead atoms. The SMILES string of the molecule is Cl.Cl.c1ccc(N(CCCCCCCCN(c2ccccc2)c2ccccc2)c2ccccc2)cc1. The summed E-state index contributed by atoms with van der Waals surface area (Å²) in [5, 5.41) is 0. The van der Waals surface area contributed by atoms with E-state index < -0.39 is 0 Å². The van der Waals surface area contributed by atoms with Gasteiger partial charge in [0.1, 0.15) is 0 Å². The van der Waals surface area contributed by atoms with Crippen molar-refractivity contribution in [3.8, 4) is 0 Å². The summed E-state index contributed by atoms with van der Waals surface area (Å²) in [6.45, 7) is 2.12. The third-order valence-electron chi connectivity index (χ3n) is 6.28. The lowest BCUT2D eigenvalue weighted by Gasteiger charge is -2.25. The standard InChI is InChI=1S/C32H36N2.2ClH/c1(3-17-27-33(29-19-9-5-10-20-29)30-21-11-6-12-22-30)2-4-18-28-34(31-23-13-7-14-24-31)32-25-15-8-16-26-32;;/h5-16,19-26H,1-4,17-18,27-28H2;2*1H. The molecule has 0 fully saturated rings. The monoisotopic (exact) mass is 520 g/mol. The quantitative estimate of drug-likeness (QED) is 0.162. The first-order valence-corrected chi connectivity index (χ1v) is 12.7. The Kier molecular flexibility index (Phi) is 13.6. The van der Waals surface area contributed by atoms with Gasteiger partial charge in [0.15, 0.2) is 0 Å². The zero-order valence-corrected chi connectivity index (χ0v) is 22.5. The van der Waals surface area contributed by atoms with Crippen molar-refractivity contribution in [3.63, 3.8) is 0 Å². The molecule has 0 N–H and O–H groups in total. The summed E-state index contributed by atoms with van der Waals surface area (Å²) in [7, 11) is 0. The lowest BCUT2D eigenvalue weighted by molar-refractivity contribution is 0.597. The molecule has 4 heteroatoms. The van der Waals surface area contributed by atoms with E-state index in [1.165, 1.54) is 61.3 Å². The molecule has 0 amide bonds. The van der Waals surface area contributed by atoms with E-state index in [4.69, 9.17) is 0 Å². The van der Waals surface area contributed by atoms with Gasteiger partial charge in [-0.1, -0.05) is 98.5 Å². The number of para-hydroxylation sites is 4. The van der Waals surface area contributed by atoms with Crippen molar-refractivity contribution in [1.29, 1.82) is 0 Å². The largest absolute Gasteiger partial charge is 0.341 e. The van der Waals surface area contributed by atoms with E-state index in [0.29, 0.717) is 0 Å². The molecule has 4 aromatic carbocycles. The summed E-state index contributed by atoms with van der Waals surface area (Å²) in [4.78, 5) is 4.88. The second-order valence-electron chi connectivity index (χ2n) is 8.77. The van der Waals surface area contributed by atoms with Crippen LogP contribution in [-0.2, 0) is 0 Å². The zero-order valence-electron chi connectivity index (χ0n) is 20.9. The first-order chi connectivity index (χ1) is 16.9. The van der Waals surface area contributed by atoms with E-state index in [-0.39, 0.29) is 24.8 Å². The fourth-order valence-corrected chi connectivity index (χ4v) is 4.49. The number of unbranched alkanes of at least 4 members (excludes halogenated alkanes) is 5. The van der Waals surface area contributed by atoms with Gasteiger partial charge in [-0.3, -0.25) is 0 Å². The average Bonchev–Trinajstić information content (AvgIpc) is 2.92. The molecular weight excluding hydrogens is 483 g/mol. The van der Waals surface area contributed by atoms with Gasteiger partial charge in [-0.2, -0.15) is 0 Å². The summed E-state index contributed by atoms with van der Waals surface area (Å²) in [6.07, 6.45) is 7.57. The van der Waals surface area contributed by atoms with Crippen molar-refractivity contribution in [1.82, 2.24) is 0 Å². The number of anilines is 4. The van der Waals surface area contributed by atoms with Gasteiger partial charge in [0, 0.05) is 35.8 Å². The Balaban J connectivity index is 0.00000228. The average molecular weight is 522 g/mol. The van der Waals surface area contributed by atoms with Crippen molar-refractivity contribution in [3.05, 3.63) is 121 Å². The third-order valence-corrected chi connectivity index (χ3v) is 6.28. The fourth-order valence-electron chi connectivity index (χ4n) is 4.49. The Hall–Kier alpha value is -2.94. The minimum absolute atomic E-state index is 0. The Bertz CT molecular complexity index is 892. The van der Waals surface area contributed by atoms with Gasteiger partial charge < -0.3 is 9.80 Å². The molecule has 0 aliphatic heterocycles. The maximum Gasteiger partial charge on any atom is 0.0410 e. The van der Waals surface area contributed by atoms with Crippen LogP contribution in [0.2, 0.25) is 0 Å². The van der Waals surface area contributed by atoms with E-state index in [1.54, 1.807) is 0 Å². The van der Waals surface area contributed by atoms with Crippen LogP contribution in [0.4, 0.5) is 22.7 Å². The van der Waals surface area contributed by atoms with Crippen LogP contribution in [0, 0.1) is 0 Å². The third kappa shape index (κ3) is 8.93. The lowest BCUT2D eigenvalue weighted by atomic mass is 10.1. The minimum atomic E-state index is 0. The smallest absolute Gasteiger partial charge is 0.0410 e. The Labute approximate surface area is 229 Å². The minimum Gasteiger partial charge on any atom is -0.341 e. The lowest BCUT2D eigenvalue weighted by Crippen LogP contribution is -2.18. The van der Waals surface area contributed by atoms with Gasteiger partial charge in [-0.25, -0.2) is 0 Å². The molecule has 4 rings (SSSR count). The summed E-state index contributed by atoms with van der Waals surface area (Å²) in [5.41, 5.74) is 5.09. The molecule has 36 heavy (non-hydrogen) atoms. The molecule has 4 aromatic rings. The molecule has 0 aliphatic rings. The highest BCUT2D eigenvalue weighted by atomic mass is 35.5. The van der Waals surface area contributed by atoms with Gasteiger partial charge in [0.05, 0.1) is 0 Å². The molecule has 0 saturated carbocycles. The number of hydrogen-bond donors (Lipinski definition) is 0. The van der Waals surface area contributed by atoms with Gasteiger partial charge in [0.25, 0.3) is 0 Å². The van der Waals surface area contributed by atoms with Gasteiger partial charge >= 0.3 is 0 Å². The Morgan fingerprint density at radius 3 is 0.778 bits per heavy atom. The Morgan fingerprint density at radius 1 is 0.306 bits per heavy atom. The maximum atomic E-state index is 2.44. The van der Waals surface area contributed by atoms with Crippen molar-refractivity contribution in [2.24, 2.45) is 0 Å². The highest BCUT2D eigenvalue weighted by Gasteiger charge is 2.09. The topological polar surface area (TPSA) is 6.48 Å². The van der Waals surface area contributed by atoms with Gasteiger partial charge in [-0.05, 0) is 61.4 Å². The molecule has 0 heterocycles. The second-order valence-corrected chi connectivity index (χ2v) is 8.77. The predicted molar refractivity (Wildman–Crippen MR) is 162 cm³/mol. The normalized spacial score (nSPS) is 10.1. The van der Waals surface area contributed by atoms with Crippen LogP contribution in [0.5, 0.6) is 0 Å². The summed E-state index contributed by atoms with van der Waals surface area (Å²) >= 11 is 0. The number of nitrogens with zero attached hydrogens (tertiary/aromatic N) is 2. The molecule has 0 radical (unpaired) electrons. The summed E-state index contributed by atoms with van der Waals surface area (Å²) in [6, 6.07) is 43.0. The highest BCUT2D eigenvalue weighted by Crippen LogP contribution is 2.27.